The molecule has 1 N–H and O–H groups in total. The summed E-state index contributed by atoms with van der Waals surface area (Å²) in [6.07, 6.45) is -3.51. The minimum absolute atomic E-state index is 0.0730. The van der Waals surface area contributed by atoms with Crippen LogP contribution in [0.15, 0.2) is 0 Å². The van der Waals surface area contributed by atoms with Crippen LogP contribution >= 0.6 is 0 Å². The van der Waals surface area contributed by atoms with Crippen molar-refractivity contribution in [2.75, 3.05) is 0 Å². The molecule has 0 aromatic rings. The number of amides is 1. The van der Waals surface area contributed by atoms with Crippen LogP contribution in [0.1, 0.15) is 26.7 Å². The van der Waals surface area contributed by atoms with E-state index in [1.54, 1.807) is 0 Å². The number of alkyl halides is 3. The van der Waals surface area contributed by atoms with Crippen molar-refractivity contribution >= 4 is 5.91 Å². The maximum Gasteiger partial charge on any atom is 0.471 e. The maximum atomic E-state index is 11.8. The predicted octanol–water partition coefficient (Wildman–Crippen LogP) is 1.85. The molecule has 0 saturated heterocycles. The Balaban J connectivity index is 2.33. The summed E-state index contributed by atoms with van der Waals surface area (Å²) in [4.78, 5) is 10.4. The highest BCUT2D eigenvalue weighted by Crippen LogP contribution is 2.40. The van der Waals surface area contributed by atoms with Crippen molar-refractivity contribution in [3.63, 3.8) is 0 Å². The molecule has 0 unspecified atom stereocenters. The quantitative estimate of drug-likeness (QED) is 0.679. The third-order valence-corrected chi connectivity index (χ3v) is 2.19. The second kappa shape index (κ2) is 2.89. The van der Waals surface area contributed by atoms with Crippen LogP contribution in [0.4, 0.5) is 13.2 Å². The first-order valence-electron chi connectivity index (χ1n) is 4.08. The molecular formula is C8H12F3NO. The molecule has 1 fully saturated rings. The SMILES string of the molecule is CC1(C)CC(NC(=O)C(F)(F)F)C1. The second-order valence-electron chi connectivity index (χ2n) is 4.24. The highest BCUT2D eigenvalue weighted by atomic mass is 19.4. The zero-order chi connectivity index (χ0) is 10.3. The first kappa shape index (κ1) is 10.3. The summed E-state index contributed by atoms with van der Waals surface area (Å²) < 4.78 is 35.3. The zero-order valence-electron chi connectivity index (χ0n) is 7.53. The molecule has 5 heteroatoms. The second-order valence-corrected chi connectivity index (χ2v) is 4.24. The largest absolute Gasteiger partial charge is 0.471 e. The Labute approximate surface area is 74.5 Å². The van der Waals surface area contributed by atoms with Crippen molar-refractivity contribution in [1.29, 1.82) is 0 Å². The molecule has 0 spiro atoms. The fourth-order valence-corrected chi connectivity index (χ4v) is 1.64. The summed E-state index contributed by atoms with van der Waals surface area (Å²) in [5, 5.41) is 1.95. The molecule has 1 amide bonds. The van der Waals surface area contributed by atoms with Crippen LogP contribution in [0.3, 0.4) is 0 Å². The lowest BCUT2D eigenvalue weighted by atomic mass is 9.68. The molecule has 0 heterocycles. The van der Waals surface area contributed by atoms with Crippen LogP contribution < -0.4 is 5.32 Å². The number of nitrogens with one attached hydrogen (secondary N) is 1. The van der Waals surface area contributed by atoms with E-state index in [9.17, 15) is 18.0 Å². The summed E-state index contributed by atoms with van der Waals surface area (Å²) in [5.41, 5.74) is 0.0730. The van der Waals surface area contributed by atoms with Gasteiger partial charge in [0, 0.05) is 6.04 Å². The molecule has 76 valence electrons. The molecule has 0 bridgehead atoms. The van der Waals surface area contributed by atoms with Crippen molar-refractivity contribution < 1.29 is 18.0 Å². The lowest BCUT2D eigenvalue weighted by molar-refractivity contribution is -0.175. The van der Waals surface area contributed by atoms with Gasteiger partial charge in [0.25, 0.3) is 0 Å². The summed E-state index contributed by atoms with van der Waals surface area (Å²) in [6, 6.07) is -0.302. The van der Waals surface area contributed by atoms with Crippen LogP contribution in [-0.4, -0.2) is 18.1 Å². The molecule has 0 atom stereocenters. The van der Waals surface area contributed by atoms with E-state index in [2.05, 4.69) is 0 Å². The smallest absolute Gasteiger partial charge is 0.346 e. The summed E-state index contributed by atoms with van der Waals surface area (Å²) in [6.45, 7) is 3.92. The van der Waals surface area contributed by atoms with Gasteiger partial charge < -0.3 is 5.32 Å². The van der Waals surface area contributed by atoms with Crippen LogP contribution in [-0.2, 0) is 4.79 Å². The third kappa shape index (κ3) is 2.60. The molecular weight excluding hydrogens is 183 g/mol. The van der Waals surface area contributed by atoms with Gasteiger partial charge in [0.05, 0.1) is 0 Å². The Morgan fingerprint density at radius 1 is 1.38 bits per heavy atom. The first-order valence-corrected chi connectivity index (χ1v) is 4.08. The summed E-state index contributed by atoms with van der Waals surface area (Å²) in [7, 11) is 0. The number of halogens is 3. The van der Waals surface area contributed by atoms with E-state index in [1.807, 2.05) is 19.2 Å². The molecule has 13 heavy (non-hydrogen) atoms. The average molecular weight is 195 g/mol. The molecule has 2 nitrogen and oxygen atoms in total. The van der Waals surface area contributed by atoms with Gasteiger partial charge in [0.2, 0.25) is 0 Å². The van der Waals surface area contributed by atoms with Gasteiger partial charge in [0.1, 0.15) is 0 Å². The van der Waals surface area contributed by atoms with Crippen molar-refractivity contribution in [3.05, 3.63) is 0 Å². The molecule has 0 aromatic carbocycles. The molecule has 0 aliphatic heterocycles. The van der Waals surface area contributed by atoms with E-state index < -0.39 is 12.1 Å². The van der Waals surface area contributed by atoms with Crippen LogP contribution in [0, 0.1) is 5.41 Å². The number of carbonyl (C=O) groups excluding carboxylic acids is 1. The van der Waals surface area contributed by atoms with E-state index in [4.69, 9.17) is 0 Å². The van der Waals surface area contributed by atoms with Gasteiger partial charge in [0.15, 0.2) is 0 Å². The monoisotopic (exact) mass is 195 g/mol. The number of hydrogen-bond acceptors (Lipinski definition) is 1. The van der Waals surface area contributed by atoms with E-state index in [0.717, 1.165) is 0 Å². The van der Waals surface area contributed by atoms with Crippen LogP contribution in [0.5, 0.6) is 0 Å². The topological polar surface area (TPSA) is 29.1 Å². The predicted molar refractivity (Wildman–Crippen MR) is 41.0 cm³/mol. The molecule has 1 aliphatic carbocycles. The Bertz CT molecular complexity index is 214. The van der Waals surface area contributed by atoms with Crippen molar-refractivity contribution in [1.82, 2.24) is 5.32 Å². The summed E-state index contributed by atoms with van der Waals surface area (Å²) >= 11 is 0. The van der Waals surface area contributed by atoms with Gasteiger partial charge in [-0.3, -0.25) is 4.79 Å². The fourth-order valence-electron chi connectivity index (χ4n) is 1.64. The third-order valence-electron chi connectivity index (χ3n) is 2.19. The van der Waals surface area contributed by atoms with E-state index in [-0.39, 0.29) is 11.5 Å². The highest BCUT2D eigenvalue weighted by Gasteiger charge is 2.43. The van der Waals surface area contributed by atoms with Gasteiger partial charge in [-0.05, 0) is 18.3 Å². The Morgan fingerprint density at radius 3 is 2.15 bits per heavy atom. The van der Waals surface area contributed by atoms with E-state index in [1.165, 1.54) is 0 Å². The van der Waals surface area contributed by atoms with E-state index in [0.29, 0.717) is 12.8 Å². The van der Waals surface area contributed by atoms with E-state index >= 15 is 0 Å². The Morgan fingerprint density at radius 2 is 1.85 bits per heavy atom. The molecule has 0 radical (unpaired) electrons. The lowest BCUT2D eigenvalue weighted by Gasteiger charge is -2.42. The van der Waals surface area contributed by atoms with Crippen LogP contribution in [0.25, 0.3) is 0 Å². The number of hydrogen-bond donors (Lipinski definition) is 1. The van der Waals surface area contributed by atoms with Gasteiger partial charge in [-0.2, -0.15) is 13.2 Å². The standard InChI is InChI=1S/C8H12F3NO/c1-7(2)3-5(4-7)12-6(13)8(9,10)11/h5H,3-4H2,1-2H3,(H,12,13). The summed E-state index contributed by atoms with van der Waals surface area (Å²) in [5.74, 6) is -1.83. The van der Waals surface area contributed by atoms with Crippen LogP contribution in [0.2, 0.25) is 0 Å². The minimum Gasteiger partial charge on any atom is -0.346 e. The zero-order valence-corrected chi connectivity index (χ0v) is 7.53. The van der Waals surface area contributed by atoms with Crippen molar-refractivity contribution in [2.24, 2.45) is 5.41 Å². The van der Waals surface area contributed by atoms with Gasteiger partial charge in [-0.25, -0.2) is 0 Å². The maximum absolute atomic E-state index is 11.8. The Hall–Kier alpha value is -0.740. The van der Waals surface area contributed by atoms with Crippen molar-refractivity contribution in [3.8, 4) is 0 Å². The van der Waals surface area contributed by atoms with Gasteiger partial charge in [-0.15, -0.1) is 0 Å². The minimum atomic E-state index is -4.75. The van der Waals surface area contributed by atoms with Gasteiger partial charge in [-0.1, -0.05) is 13.8 Å². The van der Waals surface area contributed by atoms with Crippen molar-refractivity contribution in [2.45, 2.75) is 38.9 Å². The molecule has 0 aromatic heterocycles. The highest BCUT2D eigenvalue weighted by molar-refractivity contribution is 5.82. The van der Waals surface area contributed by atoms with Gasteiger partial charge >= 0.3 is 12.1 Å². The molecule has 1 aliphatic rings. The molecule has 1 rings (SSSR count). The lowest BCUT2D eigenvalue weighted by Crippen LogP contribution is -2.51. The fraction of sp³-hybridized carbons (Fsp3) is 0.875. The number of rotatable bonds is 1. The average Bonchev–Trinajstić information content (AvgIpc) is 1.80. The molecule has 1 saturated carbocycles. The number of carbonyl (C=O) groups is 1. The Kier molecular flexibility index (Phi) is 2.30. The normalized spacial score (nSPS) is 22.2. The first-order chi connectivity index (χ1) is 5.71.